The van der Waals surface area contributed by atoms with Gasteiger partial charge in [0.15, 0.2) is 6.61 Å². The molecule has 132 valence electrons. The zero-order chi connectivity index (χ0) is 17.8. The van der Waals surface area contributed by atoms with Crippen LogP contribution in [0.1, 0.15) is 39.2 Å². The largest absolute Gasteiger partial charge is 0.484 e. The highest BCUT2D eigenvalue weighted by molar-refractivity contribution is 7.17. The highest BCUT2D eigenvalue weighted by Gasteiger charge is 2.25. The molecule has 0 aliphatic heterocycles. The van der Waals surface area contributed by atoms with Crippen LogP contribution in [0.3, 0.4) is 0 Å². The van der Waals surface area contributed by atoms with E-state index in [9.17, 15) is 9.59 Å². The van der Waals surface area contributed by atoms with Crippen molar-refractivity contribution in [2.24, 2.45) is 0 Å². The highest BCUT2D eigenvalue weighted by Crippen LogP contribution is 2.38. The monoisotopic (exact) mass is 358 g/mol. The molecule has 1 aromatic carbocycles. The summed E-state index contributed by atoms with van der Waals surface area (Å²) in [5, 5.41) is 6.17. The maximum absolute atomic E-state index is 12.3. The molecular formula is C19H22N2O3S. The fraction of sp³-hybridized carbons (Fsp3) is 0.368. The van der Waals surface area contributed by atoms with Crippen LogP contribution in [0.15, 0.2) is 24.3 Å². The molecule has 25 heavy (non-hydrogen) atoms. The van der Waals surface area contributed by atoms with E-state index in [1.807, 2.05) is 31.2 Å². The van der Waals surface area contributed by atoms with Crippen LogP contribution in [0.25, 0.3) is 0 Å². The van der Waals surface area contributed by atoms with E-state index < -0.39 is 0 Å². The predicted octanol–water partition coefficient (Wildman–Crippen LogP) is 3.31. The number of hydrogen-bond acceptors (Lipinski definition) is 4. The Balaban J connectivity index is 1.71. The summed E-state index contributed by atoms with van der Waals surface area (Å²) < 4.78 is 5.52. The summed E-state index contributed by atoms with van der Waals surface area (Å²) >= 11 is 1.51. The Hall–Kier alpha value is -2.34. The molecule has 1 heterocycles. The Morgan fingerprint density at radius 2 is 1.88 bits per heavy atom. The third kappa shape index (κ3) is 4.02. The third-order valence-electron chi connectivity index (χ3n) is 4.27. The summed E-state index contributed by atoms with van der Waals surface area (Å²) in [6.07, 6.45) is 4.08. The summed E-state index contributed by atoms with van der Waals surface area (Å²) in [5.41, 5.74) is 2.84. The minimum absolute atomic E-state index is 0.0845. The average Bonchev–Trinajstić information content (AvgIpc) is 2.98. The van der Waals surface area contributed by atoms with Gasteiger partial charge in [-0.25, -0.2) is 0 Å². The van der Waals surface area contributed by atoms with E-state index >= 15 is 0 Å². The lowest BCUT2D eigenvalue weighted by atomic mass is 9.95. The van der Waals surface area contributed by atoms with Gasteiger partial charge in [-0.05, 0) is 50.3 Å². The van der Waals surface area contributed by atoms with Crippen LogP contribution in [0.4, 0.5) is 5.00 Å². The number of thiophene rings is 1. The van der Waals surface area contributed by atoms with Crippen LogP contribution < -0.4 is 15.4 Å². The molecule has 2 aromatic rings. The van der Waals surface area contributed by atoms with E-state index in [1.165, 1.54) is 16.2 Å². The standard InChI is InChI=1S/C19H22N2O3S/c1-12-7-9-13(10-8-12)24-11-16(22)21-19-17(18(23)20-2)14-5-3-4-6-15(14)25-19/h7-10H,3-6,11H2,1-2H3,(H,20,23)(H,21,22). The quantitative estimate of drug-likeness (QED) is 0.862. The van der Waals surface area contributed by atoms with Crippen LogP contribution in [0.2, 0.25) is 0 Å². The summed E-state index contributed by atoms with van der Waals surface area (Å²) in [6, 6.07) is 7.54. The van der Waals surface area contributed by atoms with Gasteiger partial charge in [0, 0.05) is 11.9 Å². The highest BCUT2D eigenvalue weighted by atomic mass is 32.1. The number of benzene rings is 1. The minimum atomic E-state index is -0.260. The van der Waals surface area contributed by atoms with Gasteiger partial charge in [0.1, 0.15) is 10.8 Å². The summed E-state index contributed by atoms with van der Waals surface area (Å²) in [5.74, 6) is 0.247. The molecule has 2 N–H and O–H groups in total. The van der Waals surface area contributed by atoms with Crippen LogP contribution in [-0.2, 0) is 17.6 Å². The lowest BCUT2D eigenvalue weighted by Crippen LogP contribution is -2.24. The number of hydrogen-bond donors (Lipinski definition) is 2. The van der Waals surface area contributed by atoms with E-state index in [2.05, 4.69) is 10.6 Å². The number of amides is 2. The molecule has 0 fully saturated rings. The average molecular weight is 358 g/mol. The lowest BCUT2D eigenvalue weighted by Gasteiger charge is -2.12. The third-order valence-corrected chi connectivity index (χ3v) is 5.48. The fourth-order valence-electron chi connectivity index (χ4n) is 2.97. The first kappa shape index (κ1) is 17.5. The van der Waals surface area contributed by atoms with Gasteiger partial charge in [-0.2, -0.15) is 0 Å². The van der Waals surface area contributed by atoms with Crippen molar-refractivity contribution in [1.82, 2.24) is 5.32 Å². The number of fused-ring (bicyclic) bond motifs is 1. The number of anilines is 1. The normalized spacial score (nSPS) is 13.0. The van der Waals surface area contributed by atoms with Crippen molar-refractivity contribution in [3.05, 3.63) is 45.8 Å². The van der Waals surface area contributed by atoms with Crippen molar-refractivity contribution in [1.29, 1.82) is 0 Å². The molecule has 0 radical (unpaired) electrons. The van der Waals surface area contributed by atoms with Crippen molar-refractivity contribution < 1.29 is 14.3 Å². The predicted molar refractivity (Wildman–Crippen MR) is 99.7 cm³/mol. The van der Waals surface area contributed by atoms with Crippen molar-refractivity contribution >= 4 is 28.2 Å². The summed E-state index contributed by atoms with van der Waals surface area (Å²) in [6.45, 7) is 1.91. The zero-order valence-corrected chi connectivity index (χ0v) is 15.3. The Morgan fingerprint density at radius 3 is 2.60 bits per heavy atom. The minimum Gasteiger partial charge on any atom is -0.484 e. The second-order valence-electron chi connectivity index (χ2n) is 6.14. The van der Waals surface area contributed by atoms with Crippen molar-refractivity contribution in [3.8, 4) is 5.75 Å². The van der Waals surface area contributed by atoms with Gasteiger partial charge in [0.2, 0.25) is 0 Å². The van der Waals surface area contributed by atoms with Crippen molar-refractivity contribution in [2.75, 3.05) is 19.0 Å². The second kappa shape index (κ2) is 7.70. The first-order valence-electron chi connectivity index (χ1n) is 8.44. The molecule has 1 aliphatic carbocycles. The van der Waals surface area contributed by atoms with Crippen LogP contribution in [0.5, 0.6) is 5.75 Å². The molecular weight excluding hydrogens is 336 g/mol. The fourth-order valence-corrected chi connectivity index (χ4v) is 4.27. The van der Waals surface area contributed by atoms with Crippen molar-refractivity contribution in [3.63, 3.8) is 0 Å². The van der Waals surface area contributed by atoms with Crippen LogP contribution >= 0.6 is 11.3 Å². The molecule has 6 heteroatoms. The van der Waals surface area contributed by atoms with Gasteiger partial charge in [0.25, 0.3) is 11.8 Å². The van der Waals surface area contributed by atoms with Crippen LogP contribution in [-0.4, -0.2) is 25.5 Å². The smallest absolute Gasteiger partial charge is 0.262 e. The van der Waals surface area contributed by atoms with Gasteiger partial charge in [-0.15, -0.1) is 11.3 Å². The molecule has 0 spiro atoms. The number of rotatable bonds is 5. The van der Waals surface area contributed by atoms with E-state index in [1.54, 1.807) is 7.05 Å². The first-order valence-corrected chi connectivity index (χ1v) is 9.26. The second-order valence-corrected chi connectivity index (χ2v) is 7.25. The number of carbonyl (C=O) groups excluding carboxylic acids is 2. The first-order chi connectivity index (χ1) is 12.1. The van der Waals surface area contributed by atoms with Gasteiger partial charge in [-0.1, -0.05) is 17.7 Å². The van der Waals surface area contributed by atoms with Crippen molar-refractivity contribution in [2.45, 2.75) is 32.6 Å². The maximum Gasteiger partial charge on any atom is 0.262 e. The van der Waals surface area contributed by atoms with Gasteiger partial charge in [0.05, 0.1) is 5.56 Å². The molecule has 0 bridgehead atoms. The van der Waals surface area contributed by atoms with E-state index in [4.69, 9.17) is 4.74 Å². The maximum atomic E-state index is 12.3. The molecule has 5 nitrogen and oxygen atoms in total. The molecule has 0 saturated carbocycles. The number of carbonyl (C=O) groups is 2. The van der Waals surface area contributed by atoms with Gasteiger partial charge < -0.3 is 15.4 Å². The number of ether oxygens (including phenoxy) is 1. The van der Waals surface area contributed by atoms with E-state index in [-0.39, 0.29) is 18.4 Å². The van der Waals surface area contributed by atoms with E-state index in [0.717, 1.165) is 36.8 Å². The van der Waals surface area contributed by atoms with Gasteiger partial charge in [-0.3, -0.25) is 9.59 Å². The summed E-state index contributed by atoms with van der Waals surface area (Å²) in [4.78, 5) is 25.7. The number of aryl methyl sites for hydroxylation is 2. The molecule has 0 atom stereocenters. The number of nitrogens with one attached hydrogen (secondary N) is 2. The molecule has 3 rings (SSSR count). The molecule has 0 unspecified atom stereocenters. The Kier molecular flexibility index (Phi) is 5.38. The molecule has 1 aliphatic rings. The molecule has 2 amide bonds. The zero-order valence-electron chi connectivity index (χ0n) is 14.5. The topological polar surface area (TPSA) is 67.4 Å². The lowest BCUT2D eigenvalue weighted by molar-refractivity contribution is -0.118. The van der Waals surface area contributed by atoms with Crippen LogP contribution in [0, 0.1) is 6.92 Å². The Labute approximate surface area is 151 Å². The van der Waals surface area contributed by atoms with Gasteiger partial charge >= 0.3 is 0 Å². The molecule has 0 saturated heterocycles. The SMILES string of the molecule is CNC(=O)c1c(NC(=O)COc2ccc(C)cc2)sc2c1CCCC2. The Morgan fingerprint density at radius 1 is 1.16 bits per heavy atom. The van der Waals surface area contributed by atoms with E-state index in [0.29, 0.717) is 16.3 Å². The summed E-state index contributed by atoms with van der Waals surface area (Å²) in [7, 11) is 1.61. The Bertz CT molecular complexity index is 781. The molecule has 1 aromatic heterocycles.